The van der Waals surface area contributed by atoms with Crippen molar-refractivity contribution in [3.05, 3.63) is 12.1 Å². The molecule has 0 bridgehead atoms. The number of fused-ring (bicyclic) bond motifs is 1. The zero-order valence-electron chi connectivity index (χ0n) is 9.89. The molecule has 3 heterocycles. The third kappa shape index (κ3) is 2.20. The van der Waals surface area contributed by atoms with Crippen molar-refractivity contribution >= 4 is 6.16 Å². The molecule has 0 aromatic carbocycles. The number of hydrogen-bond acceptors (Lipinski definition) is 7. The summed E-state index contributed by atoms with van der Waals surface area (Å²) in [7, 11) is 0. The van der Waals surface area contributed by atoms with E-state index in [4.69, 9.17) is 14.2 Å². The molecule has 8 nitrogen and oxygen atoms in total. The average molecular weight is 271 g/mol. The largest absolute Gasteiger partial charge is 0.534 e. The number of carbonyl (C=O) groups excluding carboxylic acids is 1. The van der Waals surface area contributed by atoms with E-state index in [1.54, 1.807) is 0 Å². The molecule has 19 heavy (non-hydrogen) atoms. The second-order valence-electron chi connectivity index (χ2n) is 4.37. The van der Waals surface area contributed by atoms with Gasteiger partial charge in [-0.15, -0.1) is 4.73 Å². The summed E-state index contributed by atoms with van der Waals surface area (Å²) in [6.07, 6.45) is -1.04. The van der Waals surface area contributed by atoms with Crippen molar-refractivity contribution in [3.8, 4) is 11.8 Å². The monoisotopic (exact) mass is 271 g/mol. The highest BCUT2D eigenvalue weighted by Gasteiger charge is 2.44. The fraction of sp³-hybridized carbons (Fsp3) is 0.545. The first-order chi connectivity index (χ1) is 9.15. The maximum absolute atomic E-state index is 11.6. The smallest absolute Gasteiger partial charge is 0.492 e. The van der Waals surface area contributed by atoms with Crippen LogP contribution in [0.3, 0.4) is 0 Å². The molecule has 0 amide bonds. The van der Waals surface area contributed by atoms with Crippen LogP contribution in [0.2, 0.25) is 0 Å². The van der Waals surface area contributed by atoms with Crippen LogP contribution >= 0.6 is 0 Å². The van der Waals surface area contributed by atoms with Gasteiger partial charge in [-0.05, 0) is 6.42 Å². The van der Waals surface area contributed by atoms with Gasteiger partial charge in [-0.2, -0.15) is 0 Å². The highest BCUT2D eigenvalue weighted by Crippen LogP contribution is 2.33. The summed E-state index contributed by atoms with van der Waals surface area (Å²) >= 11 is 0. The van der Waals surface area contributed by atoms with Crippen LogP contribution in [0, 0.1) is 5.92 Å². The van der Waals surface area contributed by atoms with Crippen LogP contribution in [0.4, 0.5) is 4.79 Å². The molecule has 0 radical (unpaired) electrons. The molecular formula is C11H13NO7. The van der Waals surface area contributed by atoms with Gasteiger partial charge in [-0.1, -0.05) is 0 Å². The molecule has 1 aromatic rings. The van der Waals surface area contributed by atoms with Crippen LogP contribution in [0.1, 0.15) is 6.42 Å². The van der Waals surface area contributed by atoms with Crippen molar-refractivity contribution in [3.63, 3.8) is 0 Å². The van der Waals surface area contributed by atoms with Gasteiger partial charge >= 0.3 is 6.16 Å². The normalized spacial score (nSPS) is 29.2. The Balaban J connectivity index is 1.60. The van der Waals surface area contributed by atoms with Crippen LogP contribution in [-0.4, -0.2) is 46.7 Å². The minimum absolute atomic E-state index is 0.000550. The number of rotatable bonds is 2. The van der Waals surface area contributed by atoms with Gasteiger partial charge < -0.3 is 24.4 Å². The first kappa shape index (κ1) is 12.1. The van der Waals surface area contributed by atoms with Gasteiger partial charge in [-0.3, -0.25) is 4.84 Å². The van der Waals surface area contributed by atoms with Crippen molar-refractivity contribution in [2.24, 2.45) is 5.92 Å². The Bertz CT molecular complexity index is 466. The summed E-state index contributed by atoms with van der Waals surface area (Å²) < 4.78 is 16.3. The van der Waals surface area contributed by atoms with E-state index < -0.39 is 24.0 Å². The molecular weight excluding hydrogens is 258 g/mol. The maximum Gasteiger partial charge on any atom is 0.534 e. The van der Waals surface area contributed by atoms with Gasteiger partial charge in [0.1, 0.15) is 6.10 Å². The lowest BCUT2D eigenvalue weighted by atomic mass is 10.0. The number of carbonyl (C=O) groups is 1. The molecule has 104 valence electrons. The van der Waals surface area contributed by atoms with Crippen LogP contribution < -0.4 is 4.84 Å². The molecule has 1 aromatic heterocycles. The lowest BCUT2D eigenvalue weighted by molar-refractivity contribution is -0.0908. The van der Waals surface area contributed by atoms with E-state index >= 15 is 0 Å². The molecule has 2 fully saturated rings. The first-order valence-corrected chi connectivity index (χ1v) is 5.87. The fourth-order valence-electron chi connectivity index (χ4n) is 2.26. The zero-order valence-corrected chi connectivity index (χ0v) is 9.89. The van der Waals surface area contributed by atoms with Crippen molar-refractivity contribution < 1.29 is 34.1 Å². The number of aromatic hydroxyl groups is 2. The topological polar surface area (TPSA) is 99.4 Å². The third-order valence-corrected chi connectivity index (χ3v) is 3.20. The Hall–Kier alpha value is -1.93. The van der Waals surface area contributed by atoms with E-state index in [0.717, 1.165) is 6.42 Å². The SMILES string of the molecule is O=C(O[C@@H]1CO[C@@H]2OCC[C@@H]21)On1c(O)ccc1O. The van der Waals surface area contributed by atoms with Gasteiger partial charge in [0.05, 0.1) is 19.1 Å². The van der Waals surface area contributed by atoms with E-state index in [1.165, 1.54) is 12.1 Å². The van der Waals surface area contributed by atoms with Crippen molar-refractivity contribution in [1.29, 1.82) is 0 Å². The van der Waals surface area contributed by atoms with Gasteiger partial charge in [0, 0.05) is 12.1 Å². The van der Waals surface area contributed by atoms with Crippen molar-refractivity contribution in [2.75, 3.05) is 13.2 Å². The van der Waals surface area contributed by atoms with Gasteiger partial charge in [0.2, 0.25) is 11.8 Å². The first-order valence-electron chi connectivity index (χ1n) is 5.87. The molecule has 3 rings (SSSR count). The van der Waals surface area contributed by atoms with Crippen LogP contribution in [0.5, 0.6) is 11.8 Å². The van der Waals surface area contributed by atoms with Gasteiger partial charge in [-0.25, -0.2) is 4.79 Å². The fourth-order valence-corrected chi connectivity index (χ4v) is 2.26. The minimum atomic E-state index is -1.03. The standard InChI is InChI=1S/C11H13NO7/c13-8-1-2-9(14)12(8)19-11(15)18-7-5-17-10-6(7)3-4-16-10/h1-2,6-7,10,13-14H,3-5H2/t6-,7-,10+/m1/s1. The van der Waals surface area contributed by atoms with Crippen LogP contribution in [-0.2, 0) is 14.2 Å². The Morgan fingerprint density at radius 3 is 2.79 bits per heavy atom. The second-order valence-corrected chi connectivity index (χ2v) is 4.37. The number of nitrogens with zero attached hydrogens (tertiary/aromatic N) is 1. The average Bonchev–Trinajstić information content (AvgIpc) is 3.03. The highest BCUT2D eigenvalue weighted by atomic mass is 16.8. The summed E-state index contributed by atoms with van der Waals surface area (Å²) in [5.41, 5.74) is 0. The van der Waals surface area contributed by atoms with E-state index in [-0.39, 0.29) is 18.8 Å². The van der Waals surface area contributed by atoms with Crippen molar-refractivity contribution in [1.82, 2.24) is 4.73 Å². The van der Waals surface area contributed by atoms with Crippen LogP contribution in [0.15, 0.2) is 12.1 Å². The van der Waals surface area contributed by atoms with Crippen LogP contribution in [0.25, 0.3) is 0 Å². The summed E-state index contributed by atoms with van der Waals surface area (Å²) in [4.78, 5) is 16.3. The molecule has 2 aliphatic heterocycles. The second kappa shape index (κ2) is 4.63. The van der Waals surface area contributed by atoms with Gasteiger partial charge in [0.25, 0.3) is 0 Å². The Morgan fingerprint density at radius 2 is 2.05 bits per heavy atom. The lowest BCUT2D eigenvalue weighted by Gasteiger charge is -2.15. The predicted molar refractivity (Wildman–Crippen MR) is 58.4 cm³/mol. The molecule has 2 N–H and O–H groups in total. The molecule has 0 spiro atoms. The minimum Gasteiger partial charge on any atom is -0.492 e. The highest BCUT2D eigenvalue weighted by molar-refractivity contribution is 5.61. The molecule has 8 heteroatoms. The molecule has 3 atom stereocenters. The Morgan fingerprint density at radius 1 is 1.32 bits per heavy atom. The Kier molecular flexibility index (Phi) is 2.96. The van der Waals surface area contributed by atoms with E-state index in [9.17, 15) is 15.0 Å². The predicted octanol–water partition coefficient (Wildman–Crippen LogP) is 0.226. The van der Waals surface area contributed by atoms with E-state index in [1.807, 2.05) is 0 Å². The zero-order chi connectivity index (χ0) is 13.4. The molecule has 2 aliphatic rings. The summed E-state index contributed by atoms with van der Waals surface area (Å²) in [5.74, 6) is -0.808. The summed E-state index contributed by atoms with van der Waals surface area (Å²) in [6.45, 7) is 0.817. The number of hydrogen-bond donors (Lipinski definition) is 2. The summed E-state index contributed by atoms with van der Waals surface area (Å²) in [6, 6.07) is 2.37. The van der Waals surface area contributed by atoms with E-state index in [2.05, 4.69) is 4.84 Å². The number of aromatic nitrogens is 1. The molecule has 0 aliphatic carbocycles. The van der Waals surface area contributed by atoms with E-state index in [0.29, 0.717) is 11.3 Å². The molecule has 0 unspecified atom stereocenters. The third-order valence-electron chi connectivity index (χ3n) is 3.20. The maximum atomic E-state index is 11.6. The van der Waals surface area contributed by atoms with Gasteiger partial charge in [0.15, 0.2) is 6.29 Å². The number of ether oxygens (including phenoxy) is 3. The molecule has 0 saturated carbocycles. The summed E-state index contributed by atoms with van der Waals surface area (Å²) in [5, 5.41) is 18.6. The molecule has 2 saturated heterocycles. The van der Waals surface area contributed by atoms with Crippen molar-refractivity contribution in [2.45, 2.75) is 18.8 Å². The Labute approximate surface area is 108 Å². The lowest BCUT2D eigenvalue weighted by Crippen LogP contribution is -2.30. The quantitative estimate of drug-likeness (QED) is 0.742.